The Morgan fingerprint density at radius 3 is 2.10 bits per heavy atom. The molecule has 1 aliphatic rings. The topological polar surface area (TPSA) is 3.88 Å². The van der Waals surface area contributed by atoms with Gasteiger partial charge in [-0.3, -0.25) is 0 Å². The number of nitrogens with zero attached hydrogens (tertiary/aromatic N) is 1. The van der Waals surface area contributed by atoms with Crippen LogP contribution in [0.1, 0.15) is 34.5 Å². The van der Waals surface area contributed by atoms with Crippen molar-refractivity contribution in [1.82, 2.24) is 0 Å². The third-order valence-electron chi connectivity index (χ3n) is 6.02. The first-order chi connectivity index (χ1) is 14.7. The van der Waals surface area contributed by atoms with Crippen LogP contribution in [0.3, 0.4) is 0 Å². The van der Waals surface area contributed by atoms with E-state index in [0.717, 1.165) is 12.8 Å². The molecule has 1 heterocycles. The van der Waals surface area contributed by atoms with E-state index in [9.17, 15) is 0 Å². The second kappa shape index (κ2) is 8.20. The van der Waals surface area contributed by atoms with Gasteiger partial charge in [0.2, 0.25) is 17.1 Å². The fourth-order valence-corrected chi connectivity index (χ4v) is 5.35. The van der Waals surface area contributed by atoms with Crippen molar-refractivity contribution in [2.45, 2.75) is 31.0 Å². The van der Waals surface area contributed by atoms with Gasteiger partial charge in [-0.25, -0.2) is 0 Å². The van der Waals surface area contributed by atoms with Crippen LogP contribution in [0.25, 0.3) is 28.1 Å². The maximum Gasteiger partial charge on any atom is 0.219 e. The van der Waals surface area contributed by atoms with E-state index < -0.39 is 0 Å². The standard InChI is InChI=1S/C28H25BrN/c1-20-15-17-23(18-16-20)30-27(22-11-6-3-7-12-22)19-25(21-9-4-2-5-10-21)24-13-8-14-26(29)28(24)30/h2-7,9-12,15-19,26H,8,13-14H2,1H3/q+1. The summed E-state index contributed by atoms with van der Waals surface area (Å²) in [6, 6.07) is 32.9. The highest BCUT2D eigenvalue weighted by atomic mass is 79.9. The van der Waals surface area contributed by atoms with E-state index in [1.165, 1.54) is 51.3 Å². The average molecular weight is 455 g/mol. The first kappa shape index (κ1) is 19.3. The molecule has 4 aromatic rings. The summed E-state index contributed by atoms with van der Waals surface area (Å²) in [6.45, 7) is 2.15. The van der Waals surface area contributed by atoms with Gasteiger partial charge in [0, 0.05) is 29.3 Å². The zero-order valence-corrected chi connectivity index (χ0v) is 18.8. The highest BCUT2D eigenvalue weighted by Crippen LogP contribution is 2.41. The van der Waals surface area contributed by atoms with Crippen LogP contribution in [0.2, 0.25) is 0 Å². The minimum atomic E-state index is 0.341. The number of aryl methyl sites for hydroxylation is 1. The Balaban J connectivity index is 1.88. The van der Waals surface area contributed by atoms with E-state index in [1.807, 2.05) is 0 Å². The number of halogens is 1. The Morgan fingerprint density at radius 1 is 0.800 bits per heavy atom. The number of benzene rings is 3. The smallest absolute Gasteiger partial charge is 0.156 e. The number of rotatable bonds is 3. The molecule has 148 valence electrons. The molecule has 1 atom stereocenters. The Morgan fingerprint density at radius 2 is 1.43 bits per heavy atom. The van der Waals surface area contributed by atoms with Gasteiger partial charge in [0.25, 0.3) is 0 Å². The molecule has 0 aliphatic heterocycles. The molecule has 0 radical (unpaired) electrons. The molecule has 30 heavy (non-hydrogen) atoms. The van der Waals surface area contributed by atoms with Crippen molar-refractivity contribution in [3.8, 4) is 28.1 Å². The van der Waals surface area contributed by atoms with E-state index in [2.05, 4.69) is 118 Å². The Labute approximate surface area is 187 Å². The van der Waals surface area contributed by atoms with E-state index >= 15 is 0 Å². The summed E-state index contributed by atoms with van der Waals surface area (Å²) in [6.07, 6.45) is 3.48. The van der Waals surface area contributed by atoms with Crippen molar-refractivity contribution in [1.29, 1.82) is 0 Å². The van der Waals surface area contributed by atoms with E-state index in [0.29, 0.717) is 4.83 Å². The largest absolute Gasteiger partial charge is 0.219 e. The number of hydrogen-bond acceptors (Lipinski definition) is 0. The molecule has 0 amide bonds. The second-order valence-electron chi connectivity index (χ2n) is 8.07. The number of aromatic nitrogens is 1. The normalized spacial score (nSPS) is 15.6. The van der Waals surface area contributed by atoms with E-state index in [-0.39, 0.29) is 0 Å². The van der Waals surface area contributed by atoms with Crippen LogP contribution in [0.5, 0.6) is 0 Å². The lowest BCUT2D eigenvalue weighted by Gasteiger charge is -2.23. The van der Waals surface area contributed by atoms with Crippen molar-refractivity contribution in [3.63, 3.8) is 0 Å². The molecular weight excluding hydrogens is 430 g/mol. The number of fused-ring (bicyclic) bond motifs is 1. The Hall–Kier alpha value is -2.71. The summed E-state index contributed by atoms with van der Waals surface area (Å²) < 4.78 is 2.48. The van der Waals surface area contributed by atoms with Gasteiger partial charge in [-0.1, -0.05) is 82.2 Å². The fourth-order valence-electron chi connectivity index (χ4n) is 4.55. The molecule has 1 aliphatic carbocycles. The molecule has 3 aromatic carbocycles. The van der Waals surface area contributed by atoms with Crippen LogP contribution in [-0.2, 0) is 6.42 Å². The molecule has 0 saturated carbocycles. The fraction of sp³-hybridized carbons (Fsp3) is 0.179. The van der Waals surface area contributed by atoms with Crippen LogP contribution in [0.15, 0.2) is 91.0 Å². The average Bonchev–Trinajstić information content (AvgIpc) is 2.80. The van der Waals surface area contributed by atoms with Gasteiger partial charge in [-0.15, -0.1) is 0 Å². The summed E-state index contributed by atoms with van der Waals surface area (Å²) in [5, 5.41) is 0. The predicted octanol–water partition coefficient (Wildman–Crippen LogP) is 7.38. The third kappa shape index (κ3) is 3.50. The lowest BCUT2D eigenvalue weighted by molar-refractivity contribution is -0.593. The van der Waals surface area contributed by atoms with Crippen molar-refractivity contribution < 1.29 is 4.57 Å². The van der Waals surface area contributed by atoms with Gasteiger partial charge in [-0.05, 0) is 49.4 Å². The van der Waals surface area contributed by atoms with E-state index in [4.69, 9.17) is 0 Å². The predicted molar refractivity (Wildman–Crippen MR) is 128 cm³/mol. The molecule has 5 rings (SSSR count). The van der Waals surface area contributed by atoms with Gasteiger partial charge in [0.1, 0.15) is 0 Å². The van der Waals surface area contributed by atoms with Gasteiger partial charge >= 0.3 is 0 Å². The van der Waals surface area contributed by atoms with Crippen LogP contribution in [0.4, 0.5) is 0 Å². The summed E-state index contributed by atoms with van der Waals surface area (Å²) in [5.74, 6) is 0. The first-order valence-electron chi connectivity index (χ1n) is 10.7. The minimum absolute atomic E-state index is 0.341. The highest BCUT2D eigenvalue weighted by molar-refractivity contribution is 9.09. The molecule has 0 N–H and O–H groups in total. The molecule has 0 bridgehead atoms. The molecule has 2 heteroatoms. The van der Waals surface area contributed by atoms with Crippen molar-refractivity contribution >= 4 is 15.9 Å². The van der Waals surface area contributed by atoms with Crippen LogP contribution in [-0.4, -0.2) is 0 Å². The molecular formula is C28H25BrN+. The SMILES string of the molecule is Cc1ccc(-[n+]2c(-c3ccccc3)cc(-c3ccccc3)c3c2C(Br)CCC3)cc1. The van der Waals surface area contributed by atoms with Gasteiger partial charge in [0.15, 0.2) is 0 Å². The summed E-state index contributed by atoms with van der Waals surface area (Å²) in [5.41, 5.74) is 10.5. The lowest BCUT2D eigenvalue weighted by atomic mass is 9.87. The maximum absolute atomic E-state index is 4.04. The Bertz CT molecular complexity index is 1160. The molecule has 1 aromatic heterocycles. The number of pyridine rings is 1. The zero-order valence-electron chi connectivity index (χ0n) is 17.2. The van der Waals surface area contributed by atoms with Crippen LogP contribution in [0, 0.1) is 6.92 Å². The summed E-state index contributed by atoms with van der Waals surface area (Å²) in [4.78, 5) is 0.341. The van der Waals surface area contributed by atoms with Crippen LogP contribution >= 0.6 is 15.9 Å². The highest BCUT2D eigenvalue weighted by Gasteiger charge is 2.34. The van der Waals surface area contributed by atoms with Crippen molar-refractivity contribution in [3.05, 3.63) is 108 Å². The van der Waals surface area contributed by atoms with E-state index in [1.54, 1.807) is 0 Å². The van der Waals surface area contributed by atoms with Crippen molar-refractivity contribution in [2.75, 3.05) is 0 Å². The number of hydrogen-bond donors (Lipinski definition) is 0. The first-order valence-corrected chi connectivity index (χ1v) is 11.6. The molecule has 1 unspecified atom stereocenters. The summed E-state index contributed by atoms with van der Waals surface area (Å²) in [7, 11) is 0. The summed E-state index contributed by atoms with van der Waals surface area (Å²) >= 11 is 4.04. The molecule has 0 saturated heterocycles. The van der Waals surface area contributed by atoms with Gasteiger partial charge in [0.05, 0.1) is 4.83 Å². The minimum Gasteiger partial charge on any atom is -0.156 e. The number of alkyl halides is 1. The quantitative estimate of drug-likeness (QED) is 0.224. The molecule has 1 nitrogen and oxygen atoms in total. The Kier molecular flexibility index (Phi) is 5.26. The zero-order chi connectivity index (χ0) is 20.5. The molecule has 0 fully saturated rings. The maximum atomic E-state index is 4.04. The molecule has 0 spiro atoms. The second-order valence-corrected chi connectivity index (χ2v) is 9.18. The van der Waals surface area contributed by atoms with Gasteiger partial charge < -0.3 is 0 Å². The van der Waals surface area contributed by atoms with Crippen LogP contribution < -0.4 is 4.57 Å². The van der Waals surface area contributed by atoms with Crippen molar-refractivity contribution in [2.24, 2.45) is 0 Å². The lowest BCUT2D eigenvalue weighted by Crippen LogP contribution is -2.41. The van der Waals surface area contributed by atoms with Gasteiger partial charge in [-0.2, -0.15) is 4.57 Å². The monoisotopic (exact) mass is 454 g/mol. The third-order valence-corrected chi connectivity index (χ3v) is 6.92.